The highest BCUT2D eigenvalue weighted by Gasteiger charge is 2.30. The third-order valence-corrected chi connectivity index (χ3v) is 3.98. The maximum absolute atomic E-state index is 12.4. The van der Waals surface area contributed by atoms with Crippen LogP contribution in [0.15, 0.2) is 42.7 Å². The fourth-order valence-corrected chi connectivity index (χ4v) is 2.53. The third kappa shape index (κ3) is 2.97. The molecule has 0 spiro atoms. The summed E-state index contributed by atoms with van der Waals surface area (Å²) in [5.74, 6) is -0.0207. The number of carbonyl (C=O) groups excluding carboxylic acids is 1. The first kappa shape index (κ1) is 13.8. The van der Waals surface area contributed by atoms with Crippen molar-refractivity contribution < 1.29 is 9.90 Å². The molecule has 2 heterocycles. The first-order chi connectivity index (χ1) is 10.1. The van der Waals surface area contributed by atoms with Gasteiger partial charge in [-0.25, -0.2) is 4.68 Å². The molecule has 0 bridgehead atoms. The molecule has 0 radical (unpaired) electrons. The van der Waals surface area contributed by atoms with Crippen molar-refractivity contribution in [1.82, 2.24) is 14.7 Å². The predicted molar refractivity (Wildman–Crippen MR) is 79.3 cm³/mol. The molecule has 2 aromatic rings. The molecule has 1 fully saturated rings. The quantitative estimate of drug-likeness (QED) is 0.916. The lowest BCUT2D eigenvalue weighted by Crippen LogP contribution is -2.45. The highest BCUT2D eigenvalue weighted by molar-refractivity contribution is 5.93. The zero-order valence-corrected chi connectivity index (χ0v) is 12.1. The van der Waals surface area contributed by atoms with E-state index in [2.05, 4.69) is 5.10 Å². The van der Waals surface area contributed by atoms with Gasteiger partial charge in [0, 0.05) is 19.3 Å². The molecule has 1 aliphatic rings. The smallest absolute Gasteiger partial charge is 0.257 e. The zero-order valence-electron chi connectivity index (χ0n) is 12.1. The molecule has 1 aromatic carbocycles. The molecule has 1 N–H and O–H groups in total. The summed E-state index contributed by atoms with van der Waals surface area (Å²) < 4.78 is 1.70. The van der Waals surface area contributed by atoms with Crippen LogP contribution in [0, 0.1) is 0 Å². The van der Waals surface area contributed by atoms with Crippen LogP contribution >= 0.6 is 0 Å². The number of rotatable bonds is 2. The number of amides is 1. The summed E-state index contributed by atoms with van der Waals surface area (Å²) in [6, 6.07) is 9.70. The normalized spacial score (nSPS) is 17.7. The van der Waals surface area contributed by atoms with Crippen LogP contribution < -0.4 is 0 Å². The minimum atomic E-state index is -0.648. The van der Waals surface area contributed by atoms with E-state index in [0.29, 0.717) is 31.5 Å². The molecule has 0 unspecified atom stereocenters. The van der Waals surface area contributed by atoms with Crippen molar-refractivity contribution in [2.75, 3.05) is 13.1 Å². The molecule has 0 saturated carbocycles. The molecule has 21 heavy (non-hydrogen) atoms. The van der Waals surface area contributed by atoms with Gasteiger partial charge in [-0.3, -0.25) is 4.79 Å². The van der Waals surface area contributed by atoms with Gasteiger partial charge in [-0.15, -0.1) is 0 Å². The Bertz CT molecular complexity index is 624. The second-order valence-electron chi connectivity index (χ2n) is 5.80. The highest BCUT2D eigenvalue weighted by atomic mass is 16.3. The van der Waals surface area contributed by atoms with Crippen molar-refractivity contribution in [2.45, 2.75) is 25.4 Å². The van der Waals surface area contributed by atoms with Gasteiger partial charge in [0.15, 0.2) is 0 Å². The van der Waals surface area contributed by atoms with Gasteiger partial charge in [0.05, 0.1) is 23.0 Å². The van der Waals surface area contributed by atoms with E-state index in [4.69, 9.17) is 0 Å². The van der Waals surface area contributed by atoms with E-state index < -0.39 is 5.60 Å². The number of hydrogen-bond donors (Lipinski definition) is 1. The number of likely N-dealkylation sites (tertiary alicyclic amines) is 1. The Balaban J connectivity index is 1.73. The molecule has 1 aliphatic heterocycles. The van der Waals surface area contributed by atoms with Crippen molar-refractivity contribution >= 4 is 5.91 Å². The number of hydrogen-bond acceptors (Lipinski definition) is 3. The van der Waals surface area contributed by atoms with Gasteiger partial charge in [-0.1, -0.05) is 18.2 Å². The molecule has 5 heteroatoms. The van der Waals surface area contributed by atoms with Crippen molar-refractivity contribution in [3.63, 3.8) is 0 Å². The van der Waals surface area contributed by atoms with Crippen molar-refractivity contribution in [1.29, 1.82) is 0 Å². The topological polar surface area (TPSA) is 58.4 Å². The van der Waals surface area contributed by atoms with E-state index in [0.717, 1.165) is 5.69 Å². The number of aliphatic hydroxyl groups is 1. The molecule has 0 atom stereocenters. The van der Waals surface area contributed by atoms with Gasteiger partial charge in [-0.2, -0.15) is 5.10 Å². The number of carbonyl (C=O) groups is 1. The largest absolute Gasteiger partial charge is 0.390 e. The van der Waals surface area contributed by atoms with Crippen LogP contribution in [0.3, 0.4) is 0 Å². The molecule has 0 aliphatic carbocycles. The van der Waals surface area contributed by atoms with E-state index >= 15 is 0 Å². The van der Waals surface area contributed by atoms with Crippen molar-refractivity contribution in [3.8, 4) is 5.69 Å². The summed E-state index contributed by atoms with van der Waals surface area (Å²) in [5.41, 5.74) is 0.865. The standard InChI is InChI=1S/C16H19N3O2/c1-16(21)7-9-18(10-8-16)15(20)13-11-17-19(12-13)14-5-3-2-4-6-14/h2-6,11-12,21H,7-10H2,1H3. The van der Waals surface area contributed by atoms with Crippen LogP contribution in [0.25, 0.3) is 5.69 Å². The van der Waals surface area contributed by atoms with E-state index in [1.807, 2.05) is 37.3 Å². The highest BCUT2D eigenvalue weighted by Crippen LogP contribution is 2.22. The van der Waals surface area contributed by atoms with Crippen molar-refractivity contribution in [2.24, 2.45) is 0 Å². The number of benzene rings is 1. The molecule has 1 amide bonds. The summed E-state index contributed by atoms with van der Waals surface area (Å²) in [6.07, 6.45) is 4.59. The van der Waals surface area contributed by atoms with E-state index in [-0.39, 0.29) is 5.91 Å². The molecule has 1 aromatic heterocycles. The Morgan fingerprint density at radius 2 is 1.90 bits per heavy atom. The fourth-order valence-electron chi connectivity index (χ4n) is 2.53. The molecular formula is C16H19N3O2. The number of nitrogens with zero attached hydrogens (tertiary/aromatic N) is 3. The maximum atomic E-state index is 12.4. The SMILES string of the molecule is CC1(O)CCN(C(=O)c2cnn(-c3ccccc3)c2)CC1. The lowest BCUT2D eigenvalue weighted by molar-refractivity contribution is -0.00202. The van der Waals surface area contributed by atoms with Gasteiger partial charge in [-0.05, 0) is 31.9 Å². The Labute approximate surface area is 123 Å². The monoisotopic (exact) mass is 285 g/mol. The minimum Gasteiger partial charge on any atom is -0.390 e. The van der Waals surface area contributed by atoms with Gasteiger partial charge < -0.3 is 10.0 Å². The van der Waals surface area contributed by atoms with Crippen LogP contribution in [0.4, 0.5) is 0 Å². The average Bonchev–Trinajstić information content (AvgIpc) is 2.97. The molecular weight excluding hydrogens is 266 g/mol. The summed E-state index contributed by atoms with van der Waals surface area (Å²) >= 11 is 0. The Morgan fingerprint density at radius 3 is 2.57 bits per heavy atom. The van der Waals surface area contributed by atoms with Gasteiger partial charge in [0.25, 0.3) is 5.91 Å². The number of para-hydroxylation sites is 1. The summed E-state index contributed by atoms with van der Waals surface area (Å²) in [6.45, 7) is 2.99. The first-order valence-corrected chi connectivity index (χ1v) is 7.17. The van der Waals surface area contributed by atoms with Gasteiger partial charge >= 0.3 is 0 Å². The van der Waals surface area contributed by atoms with Gasteiger partial charge in [0.1, 0.15) is 0 Å². The first-order valence-electron chi connectivity index (χ1n) is 7.17. The van der Waals surface area contributed by atoms with Crippen molar-refractivity contribution in [3.05, 3.63) is 48.3 Å². The predicted octanol–water partition coefficient (Wildman–Crippen LogP) is 1.86. The lowest BCUT2D eigenvalue weighted by atomic mass is 9.93. The van der Waals surface area contributed by atoms with E-state index in [1.165, 1.54) is 0 Å². The van der Waals surface area contributed by atoms with Crippen LogP contribution in [0.1, 0.15) is 30.1 Å². The molecule has 110 valence electrons. The van der Waals surface area contributed by atoms with Crippen LogP contribution in [0.5, 0.6) is 0 Å². The van der Waals surface area contributed by atoms with Crippen LogP contribution in [-0.4, -0.2) is 44.4 Å². The maximum Gasteiger partial charge on any atom is 0.257 e. The molecule has 5 nitrogen and oxygen atoms in total. The Hall–Kier alpha value is -2.14. The van der Waals surface area contributed by atoms with E-state index in [9.17, 15) is 9.90 Å². The number of aromatic nitrogens is 2. The van der Waals surface area contributed by atoms with Crippen LogP contribution in [-0.2, 0) is 0 Å². The summed E-state index contributed by atoms with van der Waals surface area (Å²) in [7, 11) is 0. The average molecular weight is 285 g/mol. The second kappa shape index (κ2) is 5.33. The minimum absolute atomic E-state index is 0.0207. The Kier molecular flexibility index (Phi) is 3.51. The Morgan fingerprint density at radius 1 is 1.24 bits per heavy atom. The van der Waals surface area contributed by atoms with Gasteiger partial charge in [0.2, 0.25) is 0 Å². The second-order valence-corrected chi connectivity index (χ2v) is 5.80. The lowest BCUT2D eigenvalue weighted by Gasteiger charge is -2.35. The van der Waals surface area contributed by atoms with Crippen LogP contribution in [0.2, 0.25) is 0 Å². The third-order valence-electron chi connectivity index (χ3n) is 3.98. The summed E-state index contributed by atoms with van der Waals surface area (Å²) in [4.78, 5) is 14.2. The summed E-state index contributed by atoms with van der Waals surface area (Å²) in [5, 5.41) is 14.2. The molecule has 3 rings (SSSR count). The number of piperidine rings is 1. The molecule has 1 saturated heterocycles. The van der Waals surface area contributed by atoms with E-state index in [1.54, 1.807) is 22.0 Å². The fraction of sp³-hybridized carbons (Fsp3) is 0.375. The zero-order chi connectivity index (χ0) is 14.9.